The summed E-state index contributed by atoms with van der Waals surface area (Å²) in [6, 6.07) is 6.43. The second-order valence-corrected chi connectivity index (χ2v) is 8.64. The van der Waals surface area contributed by atoms with E-state index in [0.717, 1.165) is 0 Å². The van der Waals surface area contributed by atoms with Crippen molar-refractivity contribution in [1.82, 2.24) is 9.80 Å². The van der Waals surface area contributed by atoms with Crippen LogP contribution in [0.4, 0.5) is 0 Å². The molecule has 0 aromatic heterocycles. The van der Waals surface area contributed by atoms with Crippen LogP contribution in [0.2, 0.25) is 0 Å². The summed E-state index contributed by atoms with van der Waals surface area (Å²) in [5.74, 6) is 1.83. The van der Waals surface area contributed by atoms with E-state index in [1.807, 2.05) is 6.92 Å². The van der Waals surface area contributed by atoms with Crippen LogP contribution < -0.4 is 28.4 Å². The van der Waals surface area contributed by atoms with Crippen molar-refractivity contribution >= 4 is 11.9 Å². The zero-order valence-corrected chi connectivity index (χ0v) is 23.0. The van der Waals surface area contributed by atoms with Crippen molar-refractivity contribution in [3.63, 3.8) is 0 Å². The molecule has 1 aliphatic heterocycles. The zero-order valence-electron chi connectivity index (χ0n) is 23.0. The van der Waals surface area contributed by atoms with Gasteiger partial charge in [0.15, 0.2) is 23.0 Å². The van der Waals surface area contributed by atoms with Gasteiger partial charge in [0, 0.05) is 38.3 Å². The predicted octanol–water partition coefficient (Wildman–Crippen LogP) is 2.74. The van der Waals surface area contributed by atoms with Gasteiger partial charge in [-0.25, -0.2) is 4.79 Å². The van der Waals surface area contributed by atoms with Gasteiger partial charge in [-0.3, -0.25) is 9.69 Å². The fourth-order valence-corrected chi connectivity index (χ4v) is 4.37. The lowest BCUT2D eigenvalue weighted by Crippen LogP contribution is -2.50. The van der Waals surface area contributed by atoms with E-state index in [4.69, 9.17) is 33.2 Å². The van der Waals surface area contributed by atoms with Crippen molar-refractivity contribution in [3.8, 4) is 34.5 Å². The Balaban J connectivity index is 1.58. The maximum absolute atomic E-state index is 13.2. The average Bonchev–Trinajstić information content (AvgIpc) is 2.95. The molecular weight excluding hydrogens is 496 g/mol. The predicted molar refractivity (Wildman–Crippen MR) is 139 cm³/mol. The minimum absolute atomic E-state index is 0.120. The second-order valence-electron chi connectivity index (χ2n) is 8.64. The number of methoxy groups -OCH3 is 6. The lowest BCUT2D eigenvalue weighted by molar-refractivity contribution is 0.0196. The van der Waals surface area contributed by atoms with E-state index in [0.29, 0.717) is 78.3 Å². The fourth-order valence-electron chi connectivity index (χ4n) is 4.37. The highest BCUT2D eigenvalue weighted by Gasteiger charge is 2.26. The molecular formula is C27H36N2O9. The number of esters is 1. The van der Waals surface area contributed by atoms with Crippen molar-refractivity contribution in [2.24, 2.45) is 0 Å². The smallest absolute Gasteiger partial charge is 0.338 e. The number of nitrogens with zero attached hydrogens (tertiary/aromatic N) is 2. The van der Waals surface area contributed by atoms with Crippen LogP contribution in [0.3, 0.4) is 0 Å². The molecule has 38 heavy (non-hydrogen) atoms. The molecule has 208 valence electrons. The first-order valence-electron chi connectivity index (χ1n) is 12.1. The van der Waals surface area contributed by atoms with Gasteiger partial charge in [-0.15, -0.1) is 0 Å². The van der Waals surface area contributed by atoms with E-state index in [1.54, 1.807) is 29.2 Å². The Hall–Kier alpha value is -3.86. The van der Waals surface area contributed by atoms with E-state index in [-0.39, 0.29) is 12.0 Å². The fraction of sp³-hybridized carbons (Fsp3) is 0.481. The molecule has 0 N–H and O–H groups in total. The van der Waals surface area contributed by atoms with Crippen LogP contribution in [-0.2, 0) is 4.74 Å². The standard InChI is InChI=1S/C27H36N2O9/c1-17(38-27(31)19-14-22(34-4)25(37-7)23(15-19)35-5)16-28-8-10-29(11-9-28)26(30)18-12-20(32-2)24(36-6)21(13-18)33-3/h12-15,17H,8-11,16H2,1-7H3/t17-/m1/s1. The number of hydrogen-bond acceptors (Lipinski definition) is 10. The molecule has 1 fully saturated rings. The number of carbonyl (C=O) groups is 2. The summed E-state index contributed by atoms with van der Waals surface area (Å²) in [6.45, 7) is 4.71. The van der Waals surface area contributed by atoms with Crippen LogP contribution in [0.1, 0.15) is 27.6 Å². The van der Waals surface area contributed by atoms with Gasteiger partial charge in [0.1, 0.15) is 6.10 Å². The molecule has 1 heterocycles. The third-order valence-corrected chi connectivity index (χ3v) is 6.30. The lowest BCUT2D eigenvalue weighted by Gasteiger charge is -2.35. The third-order valence-electron chi connectivity index (χ3n) is 6.30. The van der Waals surface area contributed by atoms with Crippen LogP contribution in [0, 0.1) is 0 Å². The van der Waals surface area contributed by atoms with Crippen LogP contribution in [-0.4, -0.2) is 103 Å². The molecule has 2 aromatic rings. The van der Waals surface area contributed by atoms with Crippen LogP contribution in [0.5, 0.6) is 34.5 Å². The molecule has 1 aliphatic rings. The Labute approximate surface area is 223 Å². The molecule has 3 rings (SSSR count). The maximum Gasteiger partial charge on any atom is 0.338 e. The summed E-state index contributed by atoms with van der Waals surface area (Å²) in [5, 5.41) is 0. The van der Waals surface area contributed by atoms with Crippen molar-refractivity contribution in [3.05, 3.63) is 35.4 Å². The van der Waals surface area contributed by atoms with Crippen molar-refractivity contribution < 1.29 is 42.7 Å². The summed E-state index contributed by atoms with van der Waals surface area (Å²) < 4.78 is 37.7. The molecule has 1 amide bonds. The Kier molecular flexibility index (Phi) is 9.89. The Morgan fingerprint density at radius 3 is 1.50 bits per heavy atom. The van der Waals surface area contributed by atoms with Crippen molar-refractivity contribution in [1.29, 1.82) is 0 Å². The number of hydrogen-bond donors (Lipinski definition) is 0. The molecule has 0 spiro atoms. The highest BCUT2D eigenvalue weighted by Crippen LogP contribution is 2.39. The number of amides is 1. The van der Waals surface area contributed by atoms with E-state index in [9.17, 15) is 9.59 Å². The van der Waals surface area contributed by atoms with Crippen LogP contribution in [0.25, 0.3) is 0 Å². The van der Waals surface area contributed by atoms with Crippen LogP contribution in [0.15, 0.2) is 24.3 Å². The molecule has 0 bridgehead atoms. The normalized spacial score (nSPS) is 14.3. The monoisotopic (exact) mass is 532 g/mol. The Morgan fingerprint density at radius 1 is 0.684 bits per heavy atom. The van der Waals surface area contributed by atoms with Gasteiger partial charge in [-0.1, -0.05) is 0 Å². The van der Waals surface area contributed by atoms with E-state index in [1.165, 1.54) is 42.7 Å². The summed E-state index contributed by atoms with van der Waals surface area (Å²) in [7, 11) is 9.02. The maximum atomic E-state index is 13.2. The Bertz CT molecular complexity index is 1080. The summed E-state index contributed by atoms with van der Waals surface area (Å²) in [5.41, 5.74) is 0.757. The number of rotatable bonds is 11. The van der Waals surface area contributed by atoms with Gasteiger partial charge in [-0.05, 0) is 31.2 Å². The van der Waals surface area contributed by atoms with Crippen molar-refractivity contribution in [2.75, 3.05) is 75.4 Å². The number of carbonyl (C=O) groups excluding carboxylic acids is 2. The number of ether oxygens (including phenoxy) is 7. The van der Waals surface area contributed by atoms with Gasteiger partial charge in [0.2, 0.25) is 11.5 Å². The molecule has 1 atom stereocenters. The van der Waals surface area contributed by atoms with Gasteiger partial charge in [0.25, 0.3) is 5.91 Å². The highest BCUT2D eigenvalue weighted by atomic mass is 16.5. The highest BCUT2D eigenvalue weighted by molar-refractivity contribution is 5.95. The number of piperazine rings is 1. The zero-order chi connectivity index (χ0) is 27.8. The molecule has 2 aromatic carbocycles. The summed E-state index contributed by atoms with van der Waals surface area (Å²) >= 11 is 0. The molecule has 11 nitrogen and oxygen atoms in total. The first-order valence-corrected chi connectivity index (χ1v) is 12.1. The average molecular weight is 533 g/mol. The number of benzene rings is 2. The molecule has 0 aliphatic carbocycles. The van der Waals surface area contributed by atoms with Gasteiger partial charge >= 0.3 is 5.97 Å². The molecule has 0 radical (unpaired) electrons. The first kappa shape index (κ1) is 28.7. The van der Waals surface area contributed by atoms with Crippen molar-refractivity contribution in [2.45, 2.75) is 13.0 Å². The first-order chi connectivity index (χ1) is 18.3. The molecule has 1 saturated heterocycles. The summed E-state index contributed by atoms with van der Waals surface area (Å²) in [4.78, 5) is 29.9. The van der Waals surface area contributed by atoms with Crippen LogP contribution >= 0.6 is 0 Å². The molecule has 0 unspecified atom stereocenters. The van der Waals surface area contributed by atoms with Gasteiger partial charge in [0.05, 0.1) is 48.2 Å². The SMILES string of the molecule is COc1cc(C(=O)O[C@H](C)CN2CCN(C(=O)c3cc(OC)c(OC)c(OC)c3)CC2)cc(OC)c1OC. The third kappa shape index (κ3) is 6.34. The quantitative estimate of drug-likeness (QED) is 0.401. The second kappa shape index (κ2) is 13.1. The van der Waals surface area contributed by atoms with E-state index >= 15 is 0 Å². The van der Waals surface area contributed by atoms with Gasteiger partial charge < -0.3 is 38.1 Å². The lowest BCUT2D eigenvalue weighted by atomic mass is 10.1. The minimum Gasteiger partial charge on any atom is -0.493 e. The Morgan fingerprint density at radius 2 is 1.11 bits per heavy atom. The minimum atomic E-state index is -0.493. The molecule has 0 saturated carbocycles. The topological polar surface area (TPSA) is 105 Å². The largest absolute Gasteiger partial charge is 0.493 e. The molecule has 11 heteroatoms. The summed E-state index contributed by atoms with van der Waals surface area (Å²) in [6.07, 6.45) is -0.376. The van der Waals surface area contributed by atoms with E-state index in [2.05, 4.69) is 4.90 Å². The van der Waals surface area contributed by atoms with Gasteiger partial charge in [-0.2, -0.15) is 0 Å². The van der Waals surface area contributed by atoms with E-state index < -0.39 is 5.97 Å².